The number of phosphoric acid groups is 1. The van der Waals surface area contributed by atoms with Crippen molar-refractivity contribution < 1.29 is 16.3 Å². The molecule has 0 aromatic heterocycles. The van der Waals surface area contributed by atoms with E-state index in [1.54, 1.807) is 13.8 Å². The Kier molecular flexibility index (Phi) is 5.37. The second-order valence-electron chi connectivity index (χ2n) is 1.74. The molecule has 0 aliphatic carbocycles. The van der Waals surface area contributed by atoms with Crippen molar-refractivity contribution in [1.82, 2.24) is 0 Å². The second-order valence-corrected chi connectivity index (χ2v) is 4.86. The van der Waals surface area contributed by atoms with E-state index < -0.39 is 7.82 Å². The first-order valence-electron chi connectivity index (χ1n) is 2.43. The average molecular weight is 298 g/mol. The van der Waals surface area contributed by atoms with Gasteiger partial charge in [-0.1, -0.05) is 0 Å². The van der Waals surface area contributed by atoms with E-state index in [0.717, 1.165) is 0 Å². The van der Waals surface area contributed by atoms with Crippen LogP contribution in [0.3, 0.4) is 0 Å². The minimum Gasteiger partial charge on any atom is -0.283 e. The van der Waals surface area contributed by atoms with Crippen molar-refractivity contribution in [2.75, 3.05) is 0 Å². The van der Waals surface area contributed by atoms with Crippen molar-refractivity contribution in [3.05, 3.63) is 0 Å². The van der Waals surface area contributed by atoms with Crippen LogP contribution in [0.5, 0.6) is 0 Å². The molecular formula is C3H7Br2O4P. The third kappa shape index (κ3) is 4.05. The molecule has 0 aliphatic rings. The molecule has 0 bridgehead atoms. The van der Waals surface area contributed by atoms with Crippen molar-refractivity contribution in [2.24, 2.45) is 0 Å². The van der Waals surface area contributed by atoms with Gasteiger partial charge in [0.2, 0.25) is 0 Å². The lowest BCUT2D eigenvalue weighted by Gasteiger charge is -2.12. The van der Waals surface area contributed by atoms with E-state index in [9.17, 15) is 4.57 Å². The Morgan fingerprint density at radius 2 is 1.70 bits per heavy atom. The first kappa shape index (κ1) is 11.1. The average Bonchev–Trinajstić information content (AvgIpc) is 1.87. The standard InChI is InChI=1S/C3H7Br2O4P/c1-3(2)7-10(6,8-4)9-5/h3H,1-2H3. The summed E-state index contributed by atoms with van der Waals surface area (Å²) in [5.41, 5.74) is 0. The van der Waals surface area contributed by atoms with Crippen molar-refractivity contribution in [3.8, 4) is 0 Å². The molecule has 0 rings (SSSR count). The molecule has 0 saturated heterocycles. The molecule has 0 saturated carbocycles. The molecule has 0 aliphatic heterocycles. The van der Waals surface area contributed by atoms with Gasteiger partial charge in [0.1, 0.15) is 32.5 Å². The van der Waals surface area contributed by atoms with Gasteiger partial charge in [0.05, 0.1) is 6.10 Å². The molecule has 0 unspecified atom stereocenters. The van der Waals surface area contributed by atoms with E-state index in [2.05, 4.69) is 39.7 Å². The summed E-state index contributed by atoms with van der Waals surface area (Å²) in [5.74, 6) is 0. The summed E-state index contributed by atoms with van der Waals surface area (Å²) in [5, 5.41) is 0. The predicted octanol–water partition coefficient (Wildman–Crippen LogP) is 3.17. The minimum atomic E-state index is -3.40. The van der Waals surface area contributed by atoms with E-state index in [1.165, 1.54) is 0 Å². The maximum Gasteiger partial charge on any atom is 0.497 e. The highest BCUT2D eigenvalue weighted by Crippen LogP contribution is 2.53. The van der Waals surface area contributed by atoms with Crippen molar-refractivity contribution in [1.29, 1.82) is 0 Å². The number of halogens is 2. The first-order chi connectivity index (χ1) is 4.54. The summed E-state index contributed by atoms with van der Waals surface area (Å²) in [4.78, 5) is 0. The largest absolute Gasteiger partial charge is 0.497 e. The van der Waals surface area contributed by atoms with E-state index in [-0.39, 0.29) is 6.10 Å². The molecular weight excluding hydrogens is 291 g/mol. The molecule has 0 N–H and O–H groups in total. The van der Waals surface area contributed by atoms with Crippen LogP contribution in [0.25, 0.3) is 0 Å². The van der Waals surface area contributed by atoms with Crippen LogP contribution in [-0.4, -0.2) is 6.10 Å². The predicted molar refractivity (Wildman–Crippen MR) is 43.9 cm³/mol. The fraction of sp³-hybridized carbons (Fsp3) is 1.00. The zero-order valence-electron chi connectivity index (χ0n) is 5.41. The van der Waals surface area contributed by atoms with Gasteiger partial charge in [0.25, 0.3) is 0 Å². The summed E-state index contributed by atoms with van der Waals surface area (Å²) in [7, 11) is -3.40. The molecule has 7 heteroatoms. The summed E-state index contributed by atoms with van der Waals surface area (Å²) in [6.07, 6.45) is -0.221. The summed E-state index contributed by atoms with van der Waals surface area (Å²) < 4.78 is 24.3. The number of rotatable bonds is 4. The smallest absolute Gasteiger partial charge is 0.283 e. The van der Waals surface area contributed by atoms with Gasteiger partial charge < -0.3 is 0 Å². The fourth-order valence-corrected chi connectivity index (χ4v) is 2.14. The molecule has 10 heavy (non-hydrogen) atoms. The topological polar surface area (TPSA) is 44.8 Å². The maximum atomic E-state index is 11.0. The Labute approximate surface area is 76.7 Å². The molecule has 4 nitrogen and oxygen atoms in total. The Hall–Kier alpha value is 1.07. The molecule has 0 amide bonds. The normalized spacial score (nSPS) is 12.5. The molecule has 0 spiro atoms. The van der Waals surface area contributed by atoms with Crippen LogP contribution in [-0.2, 0) is 16.3 Å². The van der Waals surface area contributed by atoms with Gasteiger partial charge in [-0.05, 0) is 13.8 Å². The lowest BCUT2D eigenvalue weighted by molar-refractivity contribution is 0.183. The second kappa shape index (κ2) is 4.85. The Morgan fingerprint density at radius 1 is 1.30 bits per heavy atom. The van der Waals surface area contributed by atoms with Gasteiger partial charge in [-0.25, -0.2) is 11.8 Å². The highest BCUT2D eigenvalue weighted by atomic mass is 79.9. The van der Waals surface area contributed by atoms with Crippen molar-refractivity contribution >= 4 is 40.3 Å². The van der Waals surface area contributed by atoms with Gasteiger partial charge in [-0.2, -0.15) is 0 Å². The van der Waals surface area contributed by atoms with E-state index >= 15 is 0 Å². The summed E-state index contributed by atoms with van der Waals surface area (Å²) in [6.45, 7) is 3.43. The van der Waals surface area contributed by atoms with Gasteiger partial charge in [-0.3, -0.25) is 4.52 Å². The monoisotopic (exact) mass is 296 g/mol. The van der Waals surface area contributed by atoms with Crippen LogP contribution < -0.4 is 0 Å². The van der Waals surface area contributed by atoms with Crippen molar-refractivity contribution in [2.45, 2.75) is 20.0 Å². The van der Waals surface area contributed by atoms with Gasteiger partial charge >= 0.3 is 7.82 Å². The summed E-state index contributed by atoms with van der Waals surface area (Å²) >= 11 is 5.04. The molecule has 0 aromatic carbocycles. The first-order valence-corrected chi connectivity index (χ1v) is 5.18. The lowest BCUT2D eigenvalue weighted by Crippen LogP contribution is -1.99. The Morgan fingerprint density at radius 3 is 1.80 bits per heavy atom. The van der Waals surface area contributed by atoms with Crippen LogP contribution in [0.1, 0.15) is 13.8 Å². The summed E-state index contributed by atoms with van der Waals surface area (Å²) in [6, 6.07) is 0. The van der Waals surface area contributed by atoms with Crippen molar-refractivity contribution in [3.63, 3.8) is 0 Å². The third-order valence-electron chi connectivity index (χ3n) is 0.509. The minimum absolute atomic E-state index is 0.221. The molecule has 62 valence electrons. The zero-order chi connectivity index (χ0) is 8.20. The SMILES string of the molecule is CC(C)OP(=O)(OBr)OBr. The molecule has 0 aromatic rings. The number of hydrogen-bond acceptors (Lipinski definition) is 4. The van der Waals surface area contributed by atoms with E-state index in [1.807, 2.05) is 0 Å². The maximum absolute atomic E-state index is 11.0. The Bertz CT molecular complexity index is 130. The van der Waals surface area contributed by atoms with Crippen LogP contribution in [0.4, 0.5) is 0 Å². The van der Waals surface area contributed by atoms with Gasteiger partial charge in [-0.15, -0.1) is 0 Å². The Balaban J connectivity index is 3.94. The highest BCUT2D eigenvalue weighted by molar-refractivity contribution is 9.07. The van der Waals surface area contributed by atoms with Crippen LogP contribution in [0.15, 0.2) is 0 Å². The fourth-order valence-electron chi connectivity index (χ4n) is 0.301. The quantitative estimate of drug-likeness (QED) is 0.748. The molecule has 0 fully saturated rings. The van der Waals surface area contributed by atoms with Crippen LogP contribution in [0.2, 0.25) is 0 Å². The van der Waals surface area contributed by atoms with Crippen LogP contribution in [0, 0.1) is 0 Å². The molecule has 0 atom stereocenters. The van der Waals surface area contributed by atoms with Gasteiger partial charge in [0, 0.05) is 0 Å². The van der Waals surface area contributed by atoms with E-state index in [4.69, 9.17) is 4.52 Å². The third-order valence-corrected chi connectivity index (χ3v) is 3.65. The zero-order valence-corrected chi connectivity index (χ0v) is 9.48. The molecule has 0 heterocycles. The van der Waals surface area contributed by atoms with E-state index in [0.29, 0.717) is 0 Å². The number of hydrogen-bond donors (Lipinski definition) is 0. The van der Waals surface area contributed by atoms with Gasteiger partial charge in [0.15, 0.2) is 0 Å². The van der Waals surface area contributed by atoms with Crippen LogP contribution >= 0.6 is 40.3 Å². The molecule has 0 radical (unpaired) electrons. The lowest BCUT2D eigenvalue weighted by atomic mass is 10.5. The highest BCUT2D eigenvalue weighted by Gasteiger charge is 2.26.